The van der Waals surface area contributed by atoms with Gasteiger partial charge in [-0.1, -0.05) is 0 Å². The third-order valence-corrected chi connectivity index (χ3v) is 3.65. The molecule has 0 atom stereocenters. The fraction of sp³-hybridized carbons (Fsp3) is 0.353. The highest BCUT2D eigenvalue weighted by atomic mass is 16.5. The summed E-state index contributed by atoms with van der Waals surface area (Å²) in [6, 6.07) is 7.32. The Morgan fingerprint density at radius 1 is 1.17 bits per heavy atom. The number of hydrogen-bond acceptors (Lipinski definition) is 6. The van der Waals surface area contributed by atoms with E-state index in [2.05, 4.69) is 20.6 Å². The topological polar surface area (TPSA) is 85.4 Å². The number of hydrogen-bond donors (Lipinski definition) is 2. The van der Waals surface area contributed by atoms with Gasteiger partial charge >= 0.3 is 0 Å². The number of anilines is 2. The van der Waals surface area contributed by atoms with Crippen LogP contribution >= 0.6 is 0 Å². The highest BCUT2D eigenvalue weighted by Gasteiger charge is 2.22. The van der Waals surface area contributed by atoms with Gasteiger partial charge in [0.25, 0.3) is 5.91 Å². The van der Waals surface area contributed by atoms with Gasteiger partial charge in [0.1, 0.15) is 28.8 Å². The minimum Gasteiger partial charge on any atom is -0.497 e. The maximum absolute atomic E-state index is 12.6. The lowest BCUT2D eigenvalue weighted by atomic mass is 10.2. The zero-order valence-electron chi connectivity index (χ0n) is 13.9. The zero-order valence-corrected chi connectivity index (χ0v) is 13.9. The molecule has 0 spiro atoms. The minimum absolute atomic E-state index is 0.301. The first kappa shape index (κ1) is 16.0. The summed E-state index contributed by atoms with van der Waals surface area (Å²) in [7, 11) is 3.11. The van der Waals surface area contributed by atoms with Gasteiger partial charge in [0.15, 0.2) is 0 Å². The molecule has 1 fully saturated rings. The van der Waals surface area contributed by atoms with E-state index >= 15 is 0 Å². The Hall–Kier alpha value is -2.83. The molecule has 0 saturated heterocycles. The number of nitrogens with one attached hydrogen (secondary N) is 2. The van der Waals surface area contributed by atoms with Crippen LogP contribution in [0, 0.1) is 6.92 Å². The number of ether oxygens (including phenoxy) is 2. The van der Waals surface area contributed by atoms with Gasteiger partial charge in [-0.25, -0.2) is 9.97 Å². The van der Waals surface area contributed by atoms with Crippen molar-refractivity contribution in [1.82, 2.24) is 9.97 Å². The van der Waals surface area contributed by atoms with Crippen molar-refractivity contribution in [1.29, 1.82) is 0 Å². The summed E-state index contributed by atoms with van der Waals surface area (Å²) >= 11 is 0. The summed E-state index contributed by atoms with van der Waals surface area (Å²) in [5, 5.41) is 6.09. The number of aryl methyl sites for hydroxylation is 1. The molecule has 1 aliphatic carbocycles. The molecule has 1 aromatic carbocycles. The molecule has 7 nitrogen and oxygen atoms in total. The largest absolute Gasteiger partial charge is 0.497 e. The summed E-state index contributed by atoms with van der Waals surface area (Å²) in [6.45, 7) is 1.76. The third-order valence-electron chi connectivity index (χ3n) is 3.65. The molecule has 2 N–H and O–H groups in total. The van der Waals surface area contributed by atoms with Gasteiger partial charge in [0.05, 0.1) is 19.9 Å². The lowest BCUT2D eigenvalue weighted by molar-refractivity contribution is 0.102. The average molecular weight is 328 g/mol. The van der Waals surface area contributed by atoms with Crippen molar-refractivity contribution in [3.05, 3.63) is 35.8 Å². The van der Waals surface area contributed by atoms with Crippen LogP contribution in [0.3, 0.4) is 0 Å². The number of methoxy groups -OCH3 is 2. The van der Waals surface area contributed by atoms with Crippen LogP contribution in [0.4, 0.5) is 11.5 Å². The van der Waals surface area contributed by atoms with Gasteiger partial charge in [-0.3, -0.25) is 4.79 Å². The van der Waals surface area contributed by atoms with Crippen LogP contribution < -0.4 is 20.1 Å². The normalized spacial score (nSPS) is 13.3. The van der Waals surface area contributed by atoms with Crippen LogP contribution in [0.5, 0.6) is 11.5 Å². The quantitative estimate of drug-likeness (QED) is 0.848. The van der Waals surface area contributed by atoms with Crippen molar-refractivity contribution in [2.75, 3.05) is 24.9 Å². The number of carbonyl (C=O) groups is 1. The highest BCUT2D eigenvalue weighted by Crippen LogP contribution is 2.29. The molecule has 126 valence electrons. The van der Waals surface area contributed by atoms with Crippen molar-refractivity contribution in [2.24, 2.45) is 0 Å². The first-order valence-corrected chi connectivity index (χ1v) is 7.74. The smallest absolute Gasteiger partial charge is 0.274 e. The van der Waals surface area contributed by atoms with E-state index in [1.165, 1.54) is 0 Å². The molecule has 1 heterocycles. The summed E-state index contributed by atoms with van der Waals surface area (Å²) in [5.41, 5.74) is 0.824. The van der Waals surface area contributed by atoms with E-state index in [9.17, 15) is 4.79 Å². The highest BCUT2D eigenvalue weighted by molar-refractivity contribution is 6.04. The van der Waals surface area contributed by atoms with Crippen LogP contribution in [-0.2, 0) is 0 Å². The molecule has 2 aromatic rings. The first-order chi connectivity index (χ1) is 11.6. The lowest BCUT2D eigenvalue weighted by Gasteiger charge is -2.12. The predicted octanol–water partition coefficient (Wildman–Crippen LogP) is 2.63. The number of benzene rings is 1. The Labute approximate surface area is 140 Å². The molecule has 0 bridgehead atoms. The van der Waals surface area contributed by atoms with E-state index in [0.717, 1.165) is 12.8 Å². The van der Waals surface area contributed by atoms with E-state index in [-0.39, 0.29) is 5.91 Å². The Morgan fingerprint density at radius 2 is 1.96 bits per heavy atom. The number of rotatable bonds is 6. The van der Waals surface area contributed by atoms with Crippen LogP contribution in [0.25, 0.3) is 0 Å². The van der Waals surface area contributed by atoms with Crippen molar-refractivity contribution < 1.29 is 14.3 Å². The standard InChI is InChI=1S/C17H20N4O3/c1-10-18-14(9-16(19-10)20-11-4-5-11)17(22)21-13-8-12(23-2)6-7-15(13)24-3/h6-9,11H,4-5H2,1-3H3,(H,21,22)(H,18,19,20). The number of amides is 1. The van der Waals surface area contributed by atoms with E-state index in [1.54, 1.807) is 45.4 Å². The molecule has 3 rings (SSSR count). The number of carbonyl (C=O) groups excluding carboxylic acids is 1. The van der Waals surface area contributed by atoms with Gasteiger partial charge in [0, 0.05) is 18.2 Å². The van der Waals surface area contributed by atoms with E-state index in [1.807, 2.05) is 0 Å². The molecule has 0 unspecified atom stereocenters. The molecule has 1 amide bonds. The molecule has 1 aliphatic rings. The molecule has 24 heavy (non-hydrogen) atoms. The number of aromatic nitrogens is 2. The fourth-order valence-corrected chi connectivity index (χ4v) is 2.29. The Bertz CT molecular complexity index is 759. The van der Waals surface area contributed by atoms with Crippen molar-refractivity contribution in [2.45, 2.75) is 25.8 Å². The second-order valence-electron chi connectivity index (χ2n) is 5.62. The van der Waals surface area contributed by atoms with Gasteiger partial charge < -0.3 is 20.1 Å². The summed E-state index contributed by atoms with van der Waals surface area (Å²) in [6.07, 6.45) is 2.26. The van der Waals surface area contributed by atoms with Crippen molar-refractivity contribution in [3.8, 4) is 11.5 Å². The Balaban J connectivity index is 1.83. The average Bonchev–Trinajstić information content (AvgIpc) is 3.38. The summed E-state index contributed by atoms with van der Waals surface area (Å²) in [4.78, 5) is 21.1. The van der Waals surface area contributed by atoms with Gasteiger partial charge in [-0.05, 0) is 31.9 Å². The van der Waals surface area contributed by atoms with Gasteiger partial charge in [-0.15, -0.1) is 0 Å². The Morgan fingerprint density at radius 3 is 2.62 bits per heavy atom. The zero-order chi connectivity index (χ0) is 17.1. The lowest BCUT2D eigenvalue weighted by Crippen LogP contribution is -2.16. The molecule has 1 saturated carbocycles. The third kappa shape index (κ3) is 3.73. The second kappa shape index (κ2) is 6.74. The van der Waals surface area contributed by atoms with E-state index < -0.39 is 0 Å². The van der Waals surface area contributed by atoms with Gasteiger partial charge in [0.2, 0.25) is 0 Å². The Kier molecular flexibility index (Phi) is 4.50. The first-order valence-electron chi connectivity index (χ1n) is 7.74. The monoisotopic (exact) mass is 328 g/mol. The van der Waals surface area contributed by atoms with Crippen molar-refractivity contribution >= 4 is 17.4 Å². The summed E-state index contributed by atoms with van der Waals surface area (Å²) < 4.78 is 10.5. The fourth-order valence-electron chi connectivity index (χ4n) is 2.29. The molecule has 7 heteroatoms. The molecule has 0 aliphatic heterocycles. The number of nitrogens with zero attached hydrogens (tertiary/aromatic N) is 2. The SMILES string of the molecule is COc1ccc(OC)c(NC(=O)c2cc(NC3CC3)nc(C)n2)c1. The van der Waals surface area contributed by atoms with Crippen LogP contribution in [0.15, 0.2) is 24.3 Å². The minimum atomic E-state index is -0.328. The van der Waals surface area contributed by atoms with Crippen molar-refractivity contribution in [3.63, 3.8) is 0 Å². The van der Waals surface area contributed by atoms with Crippen LogP contribution in [-0.4, -0.2) is 36.1 Å². The predicted molar refractivity (Wildman–Crippen MR) is 90.9 cm³/mol. The molecular weight excluding hydrogens is 308 g/mol. The molecule has 1 aromatic heterocycles. The maximum atomic E-state index is 12.6. The summed E-state index contributed by atoms with van der Waals surface area (Å²) in [5.74, 6) is 2.06. The van der Waals surface area contributed by atoms with E-state index in [4.69, 9.17) is 9.47 Å². The van der Waals surface area contributed by atoms with Gasteiger partial charge in [-0.2, -0.15) is 0 Å². The maximum Gasteiger partial charge on any atom is 0.274 e. The second-order valence-corrected chi connectivity index (χ2v) is 5.62. The van der Waals surface area contributed by atoms with Crippen LogP contribution in [0.1, 0.15) is 29.2 Å². The molecular formula is C17H20N4O3. The van der Waals surface area contributed by atoms with Crippen LogP contribution in [0.2, 0.25) is 0 Å². The van der Waals surface area contributed by atoms with E-state index in [0.29, 0.717) is 40.6 Å². The molecule has 0 radical (unpaired) electrons.